The van der Waals surface area contributed by atoms with Crippen molar-refractivity contribution in [3.05, 3.63) is 41.5 Å². The highest BCUT2D eigenvalue weighted by Crippen LogP contribution is 2.60. The molecule has 2 aliphatic carbocycles. The van der Waals surface area contributed by atoms with Gasteiger partial charge < -0.3 is 8.85 Å². The number of benzene rings is 1. The number of ketones is 1. The van der Waals surface area contributed by atoms with Crippen LogP contribution in [0, 0.1) is 5.92 Å². The molecular weight excluding hydrogens is 352 g/mol. The van der Waals surface area contributed by atoms with Gasteiger partial charge in [-0.15, -0.1) is 0 Å². The van der Waals surface area contributed by atoms with Crippen LogP contribution >= 0.6 is 0 Å². The molecule has 4 heteroatoms. The molecule has 0 radical (unpaired) electrons. The minimum Gasteiger partial charge on any atom is -0.388 e. The fraction of sp³-hybridized carbons (Fsp3) is 0.609. The predicted molar refractivity (Wildman–Crippen MR) is 111 cm³/mol. The third kappa shape index (κ3) is 2.80. The van der Waals surface area contributed by atoms with E-state index in [9.17, 15) is 4.79 Å². The molecule has 146 valence electrons. The zero-order chi connectivity index (χ0) is 19.6. The first kappa shape index (κ1) is 19.1. The maximum absolute atomic E-state index is 12.9. The molecule has 0 aromatic heterocycles. The lowest BCUT2D eigenvalue weighted by atomic mass is 9.80. The Kier molecular flexibility index (Phi) is 4.34. The Labute approximate surface area is 164 Å². The van der Waals surface area contributed by atoms with Crippen molar-refractivity contribution in [1.82, 2.24) is 0 Å². The van der Waals surface area contributed by atoms with E-state index < -0.39 is 8.56 Å². The molecule has 1 saturated carbocycles. The fourth-order valence-corrected chi connectivity index (χ4v) is 10.7. The molecule has 3 atom stereocenters. The van der Waals surface area contributed by atoms with E-state index in [0.717, 1.165) is 24.0 Å². The Hall–Kier alpha value is -1.23. The monoisotopic (exact) mass is 384 g/mol. The molecule has 4 rings (SSSR count). The van der Waals surface area contributed by atoms with Gasteiger partial charge in [-0.25, -0.2) is 0 Å². The molecule has 2 fully saturated rings. The van der Waals surface area contributed by atoms with E-state index in [0.29, 0.717) is 6.42 Å². The second-order valence-electron chi connectivity index (χ2n) is 10.4. The lowest BCUT2D eigenvalue weighted by Gasteiger charge is -2.45. The second-order valence-corrected chi connectivity index (χ2v) is 15.1. The molecule has 0 N–H and O–H groups in total. The minimum absolute atomic E-state index is 0.0165. The molecule has 27 heavy (non-hydrogen) atoms. The number of allylic oxidation sites excluding steroid dienone is 1. The van der Waals surface area contributed by atoms with Gasteiger partial charge in [-0.1, -0.05) is 77.4 Å². The highest BCUT2D eigenvalue weighted by atomic mass is 28.4. The van der Waals surface area contributed by atoms with Crippen LogP contribution in [-0.4, -0.2) is 26.6 Å². The van der Waals surface area contributed by atoms with Crippen LogP contribution < -0.4 is 0 Å². The van der Waals surface area contributed by atoms with Gasteiger partial charge in [0, 0.05) is 28.0 Å². The summed E-state index contributed by atoms with van der Waals surface area (Å²) in [4.78, 5) is 12.9. The summed E-state index contributed by atoms with van der Waals surface area (Å²) in [7, 11) is -2.48. The summed E-state index contributed by atoms with van der Waals surface area (Å²) in [5, 5.41) is -0.0331. The zero-order valence-corrected chi connectivity index (χ0v) is 18.5. The van der Waals surface area contributed by atoms with Gasteiger partial charge >= 0.3 is 8.56 Å². The smallest absolute Gasteiger partial charge is 0.349 e. The molecule has 0 unspecified atom stereocenters. The van der Waals surface area contributed by atoms with Crippen LogP contribution in [0.3, 0.4) is 0 Å². The van der Waals surface area contributed by atoms with Crippen molar-refractivity contribution in [1.29, 1.82) is 0 Å². The topological polar surface area (TPSA) is 35.5 Å². The van der Waals surface area contributed by atoms with Gasteiger partial charge in [0.05, 0.1) is 12.2 Å². The van der Waals surface area contributed by atoms with Crippen LogP contribution in [0.15, 0.2) is 35.9 Å². The first-order valence-electron chi connectivity index (χ1n) is 10.2. The number of rotatable bonds is 1. The molecule has 3 nitrogen and oxygen atoms in total. The van der Waals surface area contributed by atoms with E-state index in [1.807, 2.05) is 18.2 Å². The first-order valence-corrected chi connectivity index (χ1v) is 12.0. The Morgan fingerprint density at radius 3 is 2.19 bits per heavy atom. The van der Waals surface area contributed by atoms with Gasteiger partial charge in [-0.3, -0.25) is 4.79 Å². The third-order valence-corrected chi connectivity index (χ3v) is 11.8. The summed E-state index contributed by atoms with van der Waals surface area (Å²) in [6.45, 7) is 13.5. The summed E-state index contributed by atoms with van der Waals surface area (Å²) >= 11 is 0. The van der Waals surface area contributed by atoms with Crippen LogP contribution in [0.2, 0.25) is 10.1 Å². The Morgan fingerprint density at radius 2 is 1.59 bits per heavy atom. The summed E-state index contributed by atoms with van der Waals surface area (Å²) in [5.41, 5.74) is 3.32. The third-order valence-electron chi connectivity index (χ3n) is 6.57. The highest BCUT2D eigenvalue weighted by molar-refractivity contribution is 6.74. The molecule has 0 amide bonds. The van der Waals surface area contributed by atoms with Gasteiger partial charge in [0.15, 0.2) is 5.78 Å². The Morgan fingerprint density at radius 1 is 0.963 bits per heavy atom. The number of hydrogen-bond donors (Lipinski definition) is 0. The van der Waals surface area contributed by atoms with Crippen LogP contribution in [0.25, 0.3) is 5.57 Å². The highest BCUT2D eigenvalue weighted by Gasteiger charge is 2.66. The van der Waals surface area contributed by atoms with E-state index in [1.165, 1.54) is 5.57 Å². The maximum atomic E-state index is 12.9. The summed E-state index contributed by atoms with van der Waals surface area (Å²) in [6.07, 6.45) is 2.64. The lowest BCUT2D eigenvalue weighted by Crippen LogP contribution is -2.54. The van der Waals surface area contributed by atoms with E-state index in [-0.39, 0.29) is 34.0 Å². The van der Waals surface area contributed by atoms with Crippen LogP contribution in [0.5, 0.6) is 0 Å². The van der Waals surface area contributed by atoms with Gasteiger partial charge in [-0.2, -0.15) is 0 Å². The maximum Gasteiger partial charge on any atom is 0.349 e. The van der Waals surface area contributed by atoms with Crippen LogP contribution in [0.1, 0.15) is 66.4 Å². The average molecular weight is 385 g/mol. The molecule has 1 saturated heterocycles. The minimum atomic E-state index is -2.48. The summed E-state index contributed by atoms with van der Waals surface area (Å²) < 4.78 is 13.8. The summed E-state index contributed by atoms with van der Waals surface area (Å²) in [6, 6.07) is 10.2. The predicted octanol–water partition coefficient (Wildman–Crippen LogP) is 5.65. The van der Waals surface area contributed by atoms with Crippen molar-refractivity contribution in [3.8, 4) is 0 Å². The Balaban J connectivity index is 1.73. The molecule has 0 spiro atoms. The van der Waals surface area contributed by atoms with Gasteiger partial charge in [0.1, 0.15) is 0 Å². The van der Waals surface area contributed by atoms with E-state index >= 15 is 0 Å². The molecule has 0 bridgehead atoms. The van der Waals surface area contributed by atoms with E-state index in [2.05, 4.69) is 53.7 Å². The van der Waals surface area contributed by atoms with Crippen molar-refractivity contribution in [2.24, 2.45) is 5.92 Å². The molecular formula is C23H32O3Si. The molecule has 3 aliphatic rings. The van der Waals surface area contributed by atoms with Gasteiger partial charge in [0.25, 0.3) is 0 Å². The average Bonchev–Trinajstić information content (AvgIpc) is 3.12. The van der Waals surface area contributed by atoms with Gasteiger partial charge in [0.2, 0.25) is 0 Å². The fourth-order valence-electron chi connectivity index (χ4n) is 5.64. The normalized spacial score (nSPS) is 30.4. The van der Waals surface area contributed by atoms with Crippen molar-refractivity contribution in [3.63, 3.8) is 0 Å². The van der Waals surface area contributed by atoms with E-state index in [4.69, 9.17) is 8.85 Å². The number of carbonyl (C=O) groups excluding carboxylic acids is 1. The van der Waals surface area contributed by atoms with Crippen molar-refractivity contribution in [2.75, 3.05) is 0 Å². The number of fused-ring (bicyclic) bond motifs is 3. The molecule has 1 aliphatic heterocycles. The summed E-state index contributed by atoms with van der Waals surface area (Å²) in [5.74, 6) is 0.460. The first-order chi connectivity index (χ1) is 12.6. The van der Waals surface area contributed by atoms with E-state index in [1.54, 1.807) is 0 Å². The van der Waals surface area contributed by atoms with Gasteiger partial charge in [-0.05, 0) is 18.4 Å². The zero-order valence-electron chi connectivity index (χ0n) is 17.5. The molecule has 1 aromatic rings. The second kappa shape index (κ2) is 6.13. The quantitative estimate of drug-likeness (QED) is 0.587. The number of Topliss-reactive ketones (excluding diaryl/α,β-unsaturated/α-hetero) is 1. The van der Waals surface area contributed by atoms with Crippen molar-refractivity contribution >= 4 is 19.9 Å². The number of hydrogen-bond acceptors (Lipinski definition) is 3. The lowest BCUT2D eigenvalue weighted by molar-refractivity contribution is -0.114. The van der Waals surface area contributed by atoms with Crippen LogP contribution in [-0.2, 0) is 13.6 Å². The Bertz CT molecular complexity index is 768. The molecule has 1 aromatic carbocycles. The van der Waals surface area contributed by atoms with Crippen molar-refractivity contribution in [2.45, 2.75) is 83.1 Å². The largest absolute Gasteiger partial charge is 0.388 e. The standard InChI is InChI=1S/C23H32O3Si/c1-22(2,3)27(23(4,5)6)25-19-13-12-16-17(21(19)26-27)14-18(24)20(16)15-10-8-7-9-11-15/h7-11,17,19,21H,12-14H2,1-6H3/t17-,19+,21+/m1/s1. The van der Waals surface area contributed by atoms with Crippen molar-refractivity contribution < 1.29 is 13.6 Å². The SMILES string of the molecule is CC(C)(C)[Si]1(C(C)(C)C)O[C@@H]2[C@H](CCC3=C(c4ccccc4)C(=O)C[C@H]32)O1. The molecule has 1 heterocycles. The van der Waals surface area contributed by atoms with Crippen LogP contribution in [0.4, 0.5) is 0 Å². The number of carbonyl (C=O) groups is 1.